The summed E-state index contributed by atoms with van der Waals surface area (Å²) in [6.45, 7) is 0. The summed E-state index contributed by atoms with van der Waals surface area (Å²) < 4.78 is 4.86. The average Bonchev–Trinajstić information content (AvgIpc) is 3.81. The van der Waals surface area contributed by atoms with Gasteiger partial charge in [0, 0.05) is 50.0 Å². The standard InChI is InChI=1S/C54H37N3Si/c1-3-20-41(21-4-1)58(42-22-5-2-6-23-42)53-32-15-13-30-51(53)57(52-31-14-16-33-54(52)58)39-19-17-18-38(36-39)55-49-29-12-9-26-45(49)46-37-40(34-35-50(46)55)56-47-27-10-7-24-43(47)44-25-8-11-28-48(44)56/h1-37H. The smallest absolute Gasteiger partial charge is 0.184 e. The molecule has 9 aromatic carbocycles. The molecule has 0 aliphatic carbocycles. The van der Waals surface area contributed by atoms with Gasteiger partial charge in [-0.05, 0) is 87.5 Å². The third kappa shape index (κ3) is 4.61. The Bertz CT molecular complexity index is 3220. The number of hydrogen-bond acceptors (Lipinski definition) is 1. The maximum atomic E-state index is 2.50. The lowest BCUT2D eigenvalue weighted by Gasteiger charge is -2.45. The van der Waals surface area contributed by atoms with Crippen LogP contribution in [0.5, 0.6) is 0 Å². The third-order valence-corrected chi connectivity index (χ3v) is 17.2. The molecule has 0 amide bonds. The van der Waals surface area contributed by atoms with E-state index in [2.05, 4.69) is 238 Å². The molecule has 12 rings (SSSR count). The van der Waals surface area contributed by atoms with Gasteiger partial charge in [0.1, 0.15) is 0 Å². The maximum Gasteiger partial charge on any atom is 0.184 e. The molecule has 3 heterocycles. The molecule has 11 aromatic rings. The fraction of sp³-hybridized carbons (Fsp3) is 0. The topological polar surface area (TPSA) is 13.1 Å². The summed E-state index contributed by atoms with van der Waals surface area (Å²) in [6.07, 6.45) is 0. The van der Waals surface area contributed by atoms with E-state index in [1.54, 1.807) is 0 Å². The van der Waals surface area contributed by atoms with Gasteiger partial charge >= 0.3 is 0 Å². The second-order valence-corrected chi connectivity index (χ2v) is 19.0. The molecular formula is C54H37N3Si. The number of hydrogen-bond donors (Lipinski definition) is 0. The quantitative estimate of drug-likeness (QED) is 0.159. The van der Waals surface area contributed by atoms with Gasteiger partial charge in [-0.3, -0.25) is 0 Å². The number of fused-ring (bicyclic) bond motifs is 8. The van der Waals surface area contributed by atoms with Crippen LogP contribution in [-0.2, 0) is 0 Å². The first-order valence-corrected chi connectivity index (χ1v) is 22.0. The zero-order valence-electron chi connectivity index (χ0n) is 31.7. The zero-order valence-corrected chi connectivity index (χ0v) is 32.7. The molecule has 0 unspecified atom stereocenters. The summed E-state index contributed by atoms with van der Waals surface area (Å²) in [7, 11) is -2.70. The molecule has 1 aliphatic heterocycles. The lowest BCUT2D eigenvalue weighted by molar-refractivity contribution is 1.16. The van der Waals surface area contributed by atoms with Crippen molar-refractivity contribution in [2.45, 2.75) is 0 Å². The highest BCUT2D eigenvalue weighted by molar-refractivity contribution is 7.21. The van der Waals surface area contributed by atoms with Crippen molar-refractivity contribution >= 4 is 89.5 Å². The SMILES string of the molecule is c1ccc([Si]2(c3ccccc3)c3ccccc3N(c3cccc(-n4c5ccccc5c5cc(-n6c7ccccc7c7ccccc76)ccc54)c3)c3ccccc32)cc1. The number of rotatable bonds is 5. The summed E-state index contributed by atoms with van der Waals surface area (Å²) >= 11 is 0. The van der Waals surface area contributed by atoms with Gasteiger partial charge in [0.2, 0.25) is 0 Å². The van der Waals surface area contributed by atoms with Gasteiger partial charge in [0.15, 0.2) is 8.07 Å². The summed E-state index contributed by atoms with van der Waals surface area (Å²) in [5, 5.41) is 10.6. The first kappa shape index (κ1) is 32.8. The van der Waals surface area contributed by atoms with Crippen LogP contribution < -0.4 is 25.6 Å². The second kappa shape index (κ2) is 12.8. The summed E-state index contributed by atoms with van der Waals surface area (Å²) in [4.78, 5) is 2.50. The molecule has 58 heavy (non-hydrogen) atoms. The zero-order chi connectivity index (χ0) is 38.2. The van der Waals surface area contributed by atoms with E-state index in [1.807, 2.05) is 0 Å². The van der Waals surface area contributed by atoms with Crippen LogP contribution in [0, 0.1) is 0 Å². The Morgan fingerprint density at radius 2 is 0.690 bits per heavy atom. The van der Waals surface area contributed by atoms with Crippen LogP contribution in [0.4, 0.5) is 17.1 Å². The number of nitrogens with zero attached hydrogens (tertiary/aromatic N) is 3. The summed E-state index contributed by atoms with van der Waals surface area (Å²) in [6, 6.07) is 83.1. The Hall–Kier alpha value is -7.40. The van der Waals surface area contributed by atoms with Gasteiger partial charge in [-0.25, -0.2) is 0 Å². The Kier molecular flexibility index (Phi) is 7.25. The van der Waals surface area contributed by atoms with Crippen LogP contribution in [0.25, 0.3) is 55.0 Å². The Morgan fingerprint density at radius 1 is 0.276 bits per heavy atom. The molecular weight excluding hydrogens is 719 g/mol. The number of benzene rings is 9. The molecule has 1 aliphatic rings. The van der Waals surface area contributed by atoms with E-state index < -0.39 is 8.07 Å². The monoisotopic (exact) mass is 755 g/mol. The van der Waals surface area contributed by atoms with Crippen LogP contribution >= 0.6 is 0 Å². The molecule has 0 fully saturated rings. The fourth-order valence-electron chi connectivity index (χ4n) is 10.0. The van der Waals surface area contributed by atoms with Gasteiger partial charge in [0.25, 0.3) is 0 Å². The van der Waals surface area contributed by atoms with Crippen LogP contribution in [0.1, 0.15) is 0 Å². The van der Waals surface area contributed by atoms with Crippen LogP contribution in [0.2, 0.25) is 0 Å². The van der Waals surface area contributed by atoms with Gasteiger partial charge in [0.05, 0.1) is 22.1 Å². The summed E-state index contributed by atoms with van der Waals surface area (Å²) in [5.41, 5.74) is 10.7. The van der Waals surface area contributed by atoms with E-state index in [9.17, 15) is 0 Å². The molecule has 0 saturated carbocycles. The minimum Gasteiger partial charge on any atom is -0.311 e. The van der Waals surface area contributed by atoms with E-state index >= 15 is 0 Å². The Morgan fingerprint density at radius 3 is 1.24 bits per heavy atom. The van der Waals surface area contributed by atoms with Crippen molar-refractivity contribution in [2.75, 3.05) is 4.90 Å². The Balaban J connectivity index is 1.07. The minimum atomic E-state index is -2.70. The van der Waals surface area contributed by atoms with Gasteiger partial charge in [-0.15, -0.1) is 0 Å². The molecule has 0 spiro atoms. The largest absolute Gasteiger partial charge is 0.311 e. The lowest BCUT2D eigenvalue weighted by atomic mass is 10.1. The first-order valence-electron chi connectivity index (χ1n) is 20.0. The van der Waals surface area contributed by atoms with Gasteiger partial charge in [-0.1, -0.05) is 158 Å². The predicted molar refractivity (Wildman–Crippen MR) is 247 cm³/mol. The Labute approximate surface area is 337 Å². The minimum absolute atomic E-state index is 1.13. The summed E-state index contributed by atoms with van der Waals surface area (Å²) in [5.74, 6) is 0. The molecule has 0 atom stereocenters. The average molecular weight is 756 g/mol. The number of para-hydroxylation sites is 5. The third-order valence-electron chi connectivity index (χ3n) is 12.4. The number of aromatic nitrogens is 2. The highest BCUT2D eigenvalue weighted by atomic mass is 28.3. The fourth-order valence-corrected chi connectivity index (χ4v) is 15.1. The van der Waals surface area contributed by atoms with E-state index in [0.29, 0.717) is 0 Å². The second-order valence-electron chi connectivity index (χ2n) is 15.3. The van der Waals surface area contributed by atoms with Crippen molar-refractivity contribution in [3.8, 4) is 11.4 Å². The normalized spacial score (nSPS) is 13.3. The molecule has 272 valence electrons. The molecule has 0 N–H and O–H groups in total. The molecule has 0 bridgehead atoms. The predicted octanol–water partition coefficient (Wildman–Crippen LogP) is 11.0. The van der Waals surface area contributed by atoms with E-state index in [4.69, 9.17) is 0 Å². The molecule has 2 aromatic heterocycles. The van der Waals surface area contributed by atoms with Crippen molar-refractivity contribution in [1.82, 2.24) is 9.13 Å². The maximum absolute atomic E-state index is 2.70. The molecule has 0 radical (unpaired) electrons. The van der Waals surface area contributed by atoms with Crippen molar-refractivity contribution in [3.63, 3.8) is 0 Å². The van der Waals surface area contributed by atoms with Crippen molar-refractivity contribution in [1.29, 1.82) is 0 Å². The highest BCUT2D eigenvalue weighted by Gasteiger charge is 2.48. The van der Waals surface area contributed by atoms with Gasteiger partial charge in [-0.2, -0.15) is 0 Å². The van der Waals surface area contributed by atoms with Crippen molar-refractivity contribution < 1.29 is 0 Å². The van der Waals surface area contributed by atoms with Crippen LogP contribution in [0.3, 0.4) is 0 Å². The van der Waals surface area contributed by atoms with Crippen molar-refractivity contribution in [3.05, 3.63) is 224 Å². The first-order chi connectivity index (χ1) is 28.8. The van der Waals surface area contributed by atoms with E-state index in [1.165, 1.54) is 75.7 Å². The molecule has 3 nitrogen and oxygen atoms in total. The van der Waals surface area contributed by atoms with E-state index in [0.717, 1.165) is 17.1 Å². The van der Waals surface area contributed by atoms with Crippen molar-refractivity contribution in [2.24, 2.45) is 0 Å². The molecule has 0 saturated heterocycles. The molecule has 4 heteroatoms. The van der Waals surface area contributed by atoms with Crippen LogP contribution in [-0.4, -0.2) is 17.2 Å². The number of anilines is 3. The lowest BCUT2D eigenvalue weighted by Crippen LogP contribution is -2.77. The highest BCUT2D eigenvalue weighted by Crippen LogP contribution is 2.41. The van der Waals surface area contributed by atoms with Gasteiger partial charge < -0.3 is 14.0 Å². The van der Waals surface area contributed by atoms with Crippen LogP contribution in [0.15, 0.2) is 224 Å². The van der Waals surface area contributed by atoms with E-state index in [-0.39, 0.29) is 0 Å².